The van der Waals surface area contributed by atoms with E-state index in [-0.39, 0.29) is 11.9 Å². The van der Waals surface area contributed by atoms with E-state index < -0.39 is 0 Å². The predicted octanol–water partition coefficient (Wildman–Crippen LogP) is -0.574. The highest BCUT2D eigenvalue weighted by Crippen LogP contribution is 1.94. The predicted molar refractivity (Wildman–Crippen MR) is 53.6 cm³/mol. The summed E-state index contributed by atoms with van der Waals surface area (Å²) in [7, 11) is 1.88. The maximum Gasteiger partial charge on any atom is 0.234 e. The number of hydrogen-bond acceptors (Lipinski definition) is 3. The molecule has 1 aromatic rings. The fourth-order valence-electron chi connectivity index (χ4n) is 1.11. The molecule has 1 atom stereocenters. The van der Waals surface area contributed by atoms with Gasteiger partial charge >= 0.3 is 0 Å². The summed E-state index contributed by atoms with van der Waals surface area (Å²) in [6.45, 7) is 2.46. The van der Waals surface area contributed by atoms with Crippen molar-refractivity contribution in [3.63, 3.8) is 0 Å². The molecular formula is C9H16N4O. The average Bonchev–Trinajstić information content (AvgIpc) is 2.51. The van der Waals surface area contributed by atoms with Gasteiger partial charge in [-0.3, -0.25) is 9.48 Å². The molecule has 1 heterocycles. The lowest BCUT2D eigenvalue weighted by molar-refractivity contribution is -0.119. The highest BCUT2D eigenvalue weighted by Gasteiger charge is 2.06. The van der Waals surface area contributed by atoms with Crippen molar-refractivity contribution in [3.8, 4) is 0 Å². The van der Waals surface area contributed by atoms with Crippen molar-refractivity contribution in [2.75, 3.05) is 6.54 Å². The quantitative estimate of drug-likeness (QED) is 0.662. The van der Waals surface area contributed by atoms with Crippen LogP contribution in [0.2, 0.25) is 0 Å². The van der Waals surface area contributed by atoms with Crippen molar-refractivity contribution in [3.05, 3.63) is 18.0 Å². The van der Waals surface area contributed by atoms with Crippen molar-refractivity contribution in [1.29, 1.82) is 0 Å². The van der Waals surface area contributed by atoms with Gasteiger partial charge in [0.05, 0.1) is 11.7 Å². The minimum atomic E-state index is -0.328. The van der Waals surface area contributed by atoms with Crippen LogP contribution in [0.25, 0.3) is 0 Å². The Bertz CT molecular complexity index is 308. The molecule has 0 aliphatic heterocycles. The monoisotopic (exact) mass is 196 g/mol. The Hall–Kier alpha value is -1.36. The van der Waals surface area contributed by atoms with Crippen molar-refractivity contribution < 1.29 is 4.79 Å². The SMILES string of the molecule is CC(NCCc1ccn(C)n1)C(N)=O. The molecule has 0 aliphatic carbocycles. The van der Waals surface area contributed by atoms with Crippen LogP contribution < -0.4 is 11.1 Å². The normalized spacial score (nSPS) is 12.7. The highest BCUT2D eigenvalue weighted by atomic mass is 16.1. The number of nitrogens with two attached hydrogens (primary N) is 1. The number of nitrogens with zero attached hydrogens (tertiary/aromatic N) is 2. The van der Waals surface area contributed by atoms with Gasteiger partial charge in [-0.1, -0.05) is 0 Å². The van der Waals surface area contributed by atoms with Gasteiger partial charge in [-0.05, 0) is 13.0 Å². The lowest BCUT2D eigenvalue weighted by atomic mass is 10.3. The first-order valence-corrected chi connectivity index (χ1v) is 4.61. The second-order valence-electron chi connectivity index (χ2n) is 3.31. The van der Waals surface area contributed by atoms with Crippen molar-refractivity contribution in [2.45, 2.75) is 19.4 Å². The zero-order chi connectivity index (χ0) is 10.6. The number of aromatic nitrogens is 2. The first kappa shape index (κ1) is 10.7. The maximum absolute atomic E-state index is 10.7. The molecule has 1 aromatic heterocycles. The number of rotatable bonds is 5. The van der Waals surface area contributed by atoms with Crippen LogP contribution in [0.5, 0.6) is 0 Å². The van der Waals surface area contributed by atoms with Crippen LogP contribution >= 0.6 is 0 Å². The lowest BCUT2D eigenvalue weighted by Gasteiger charge is -2.08. The second kappa shape index (κ2) is 4.76. The molecule has 0 radical (unpaired) electrons. The molecule has 5 heteroatoms. The number of primary amides is 1. The van der Waals surface area contributed by atoms with Crippen LogP contribution in [0.3, 0.4) is 0 Å². The molecular weight excluding hydrogens is 180 g/mol. The average molecular weight is 196 g/mol. The number of nitrogens with one attached hydrogen (secondary N) is 1. The first-order chi connectivity index (χ1) is 6.59. The third-order valence-corrected chi connectivity index (χ3v) is 2.03. The van der Waals surface area contributed by atoms with Crippen LogP contribution in [0.15, 0.2) is 12.3 Å². The van der Waals surface area contributed by atoms with Gasteiger partial charge in [0.1, 0.15) is 0 Å². The third kappa shape index (κ3) is 3.18. The van der Waals surface area contributed by atoms with Gasteiger partial charge < -0.3 is 11.1 Å². The van der Waals surface area contributed by atoms with Gasteiger partial charge in [0.25, 0.3) is 0 Å². The van der Waals surface area contributed by atoms with E-state index >= 15 is 0 Å². The molecule has 3 N–H and O–H groups in total. The molecule has 1 rings (SSSR count). The molecule has 0 aromatic carbocycles. The maximum atomic E-state index is 10.7. The Morgan fingerprint density at radius 1 is 1.79 bits per heavy atom. The van der Waals surface area contributed by atoms with Crippen LogP contribution in [0, 0.1) is 0 Å². The number of aryl methyl sites for hydroxylation is 1. The van der Waals surface area contributed by atoms with E-state index in [0.717, 1.165) is 12.1 Å². The molecule has 0 saturated heterocycles. The zero-order valence-electron chi connectivity index (χ0n) is 8.53. The topological polar surface area (TPSA) is 72.9 Å². The molecule has 1 amide bonds. The first-order valence-electron chi connectivity index (χ1n) is 4.61. The van der Waals surface area contributed by atoms with Crippen molar-refractivity contribution >= 4 is 5.91 Å². The molecule has 0 aliphatic rings. The van der Waals surface area contributed by atoms with Crippen LogP contribution in [-0.2, 0) is 18.3 Å². The fraction of sp³-hybridized carbons (Fsp3) is 0.556. The summed E-state index contributed by atoms with van der Waals surface area (Å²) in [6.07, 6.45) is 2.70. The van der Waals surface area contributed by atoms with E-state index in [1.165, 1.54) is 0 Å². The summed E-state index contributed by atoms with van der Waals surface area (Å²) in [6, 6.07) is 1.68. The van der Waals surface area contributed by atoms with Crippen LogP contribution in [0.1, 0.15) is 12.6 Å². The smallest absolute Gasteiger partial charge is 0.234 e. The minimum absolute atomic E-state index is 0.279. The number of amides is 1. The van der Waals surface area contributed by atoms with Gasteiger partial charge in [-0.25, -0.2) is 0 Å². The lowest BCUT2D eigenvalue weighted by Crippen LogP contribution is -2.39. The zero-order valence-corrected chi connectivity index (χ0v) is 8.53. The Labute approximate surface area is 83.3 Å². The molecule has 1 unspecified atom stereocenters. The van der Waals surface area contributed by atoms with E-state index in [1.807, 2.05) is 19.3 Å². The third-order valence-electron chi connectivity index (χ3n) is 2.03. The van der Waals surface area contributed by atoms with Crippen LogP contribution in [0.4, 0.5) is 0 Å². The van der Waals surface area contributed by atoms with Gasteiger partial charge in [-0.2, -0.15) is 5.10 Å². The second-order valence-corrected chi connectivity index (χ2v) is 3.31. The summed E-state index contributed by atoms with van der Waals surface area (Å²) < 4.78 is 1.76. The Kier molecular flexibility index (Phi) is 3.64. The van der Waals surface area contributed by atoms with E-state index in [1.54, 1.807) is 11.6 Å². The number of hydrogen-bond donors (Lipinski definition) is 2. The summed E-state index contributed by atoms with van der Waals surface area (Å²) >= 11 is 0. The molecule has 78 valence electrons. The van der Waals surface area contributed by atoms with Gasteiger partial charge in [0.2, 0.25) is 5.91 Å². The summed E-state index contributed by atoms with van der Waals surface area (Å²) in [5.74, 6) is -0.328. The van der Waals surface area contributed by atoms with E-state index in [9.17, 15) is 4.79 Å². The van der Waals surface area contributed by atoms with Gasteiger partial charge in [0, 0.05) is 26.2 Å². The number of carbonyl (C=O) groups excluding carboxylic acids is 1. The van der Waals surface area contributed by atoms with E-state index in [4.69, 9.17) is 5.73 Å². The summed E-state index contributed by atoms with van der Waals surface area (Å²) in [5, 5.41) is 7.23. The molecule has 0 saturated carbocycles. The Morgan fingerprint density at radius 3 is 3.00 bits per heavy atom. The highest BCUT2D eigenvalue weighted by molar-refractivity contribution is 5.79. The summed E-state index contributed by atoms with van der Waals surface area (Å²) in [4.78, 5) is 10.7. The summed E-state index contributed by atoms with van der Waals surface area (Å²) in [5.41, 5.74) is 6.11. The van der Waals surface area contributed by atoms with Gasteiger partial charge in [0.15, 0.2) is 0 Å². The van der Waals surface area contributed by atoms with Crippen LogP contribution in [-0.4, -0.2) is 28.3 Å². The fourth-order valence-corrected chi connectivity index (χ4v) is 1.11. The standard InChI is InChI=1S/C9H16N4O/c1-7(9(10)14)11-5-3-8-4-6-13(2)12-8/h4,6-7,11H,3,5H2,1-2H3,(H2,10,14). The van der Waals surface area contributed by atoms with E-state index in [0.29, 0.717) is 6.54 Å². The molecule has 0 bridgehead atoms. The minimum Gasteiger partial charge on any atom is -0.368 e. The Morgan fingerprint density at radius 2 is 2.50 bits per heavy atom. The number of carbonyl (C=O) groups is 1. The van der Waals surface area contributed by atoms with Crippen molar-refractivity contribution in [2.24, 2.45) is 12.8 Å². The molecule has 5 nitrogen and oxygen atoms in total. The largest absolute Gasteiger partial charge is 0.368 e. The molecule has 0 fully saturated rings. The Balaban J connectivity index is 2.25. The molecule has 14 heavy (non-hydrogen) atoms. The molecule has 0 spiro atoms. The van der Waals surface area contributed by atoms with E-state index in [2.05, 4.69) is 10.4 Å². The van der Waals surface area contributed by atoms with Gasteiger partial charge in [-0.15, -0.1) is 0 Å². The van der Waals surface area contributed by atoms with Crippen molar-refractivity contribution in [1.82, 2.24) is 15.1 Å².